The minimum atomic E-state index is -0.360. The fourth-order valence-electron chi connectivity index (χ4n) is 1.78. The Kier molecular flexibility index (Phi) is 6.60. The Hall–Kier alpha value is -1.88. The van der Waals surface area contributed by atoms with Gasteiger partial charge in [-0.3, -0.25) is 4.79 Å². The molecule has 0 heterocycles. The zero-order valence-corrected chi connectivity index (χ0v) is 11.5. The second-order valence-corrected chi connectivity index (χ2v) is 4.10. The molecule has 0 spiro atoms. The predicted octanol–water partition coefficient (Wildman–Crippen LogP) is 1.32. The molecule has 0 radical (unpaired) electrons. The van der Waals surface area contributed by atoms with E-state index in [4.69, 9.17) is 5.21 Å². The first kappa shape index (κ1) is 15.2. The fourth-order valence-corrected chi connectivity index (χ4v) is 1.78. The van der Waals surface area contributed by atoms with Crippen LogP contribution in [0.15, 0.2) is 35.5 Å². The van der Waals surface area contributed by atoms with Gasteiger partial charge in [-0.05, 0) is 13.1 Å². The van der Waals surface area contributed by atoms with Crippen LogP contribution in [0.3, 0.4) is 0 Å². The van der Waals surface area contributed by atoms with Gasteiger partial charge in [0.1, 0.15) is 0 Å². The average molecular weight is 263 g/mol. The zero-order chi connectivity index (χ0) is 14.1. The molecule has 104 valence electrons. The quantitative estimate of drug-likeness (QED) is 0.443. The van der Waals surface area contributed by atoms with Crippen molar-refractivity contribution in [2.24, 2.45) is 5.16 Å². The topological polar surface area (TPSA) is 64.9 Å². The first-order chi connectivity index (χ1) is 9.22. The summed E-state index contributed by atoms with van der Waals surface area (Å²) in [7, 11) is 0. The first-order valence-corrected chi connectivity index (χ1v) is 6.50. The van der Waals surface area contributed by atoms with Crippen LogP contribution >= 0.6 is 0 Å². The van der Waals surface area contributed by atoms with Crippen molar-refractivity contribution < 1.29 is 10.0 Å². The van der Waals surface area contributed by atoms with E-state index in [9.17, 15) is 4.79 Å². The SMILES string of the molecule is CCN(CC)CCNC(=O)C(=NO)c1ccccc1. The highest BCUT2D eigenvalue weighted by atomic mass is 16.4. The van der Waals surface area contributed by atoms with Gasteiger partial charge in [0.2, 0.25) is 0 Å². The predicted molar refractivity (Wildman–Crippen MR) is 75.6 cm³/mol. The maximum absolute atomic E-state index is 11.9. The molecule has 0 fully saturated rings. The van der Waals surface area contributed by atoms with E-state index in [2.05, 4.69) is 29.2 Å². The Morgan fingerprint density at radius 2 is 1.89 bits per heavy atom. The van der Waals surface area contributed by atoms with Crippen molar-refractivity contribution in [1.82, 2.24) is 10.2 Å². The molecule has 0 saturated heterocycles. The summed E-state index contributed by atoms with van der Waals surface area (Å²) in [5.41, 5.74) is 0.644. The van der Waals surface area contributed by atoms with Crippen molar-refractivity contribution in [3.63, 3.8) is 0 Å². The van der Waals surface area contributed by atoms with Gasteiger partial charge in [0.25, 0.3) is 5.91 Å². The maximum Gasteiger partial charge on any atom is 0.273 e. The molecule has 5 nitrogen and oxygen atoms in total. The van der Waals surface area contributed by atoms with E-state index >= 15 is 0 Å². The molecule has 2 N–H and O–H groups in total. The second-order valence-electron chi connectivity index (χ2n) is 4.10. The monoisotopic (exact) mass is 263 g/mol. The van der Waals surface area contributed by atoms with Gasteiger partial charge in [-0.2, -0.15) is 0 Å². The van der Waals surface area contributed by atoms with Gasteiger partial charge in [0.15, 0.2) is 5.71 Å². The highest BCUT2D eigenvalue weighted by molar-refractivity contribution is 6.45. The lowest BCUT2D eigenvalue weighted by Crippen LogP contribution is -2.38. The summed E-state index contributed by atoms with van der Waals surface area (Å²) in [5, 5.41) is 14.8. The fraction of sp³-hybridized carbons (Fsp3) is 0.429. The third kappa shape index (κ3) is 4.71. The number of amides is 1. The highest BCUT2D eigenvalue weighted by Gasteiger charge is 2.14. The van der Waals surface area contributed by atoms with Gasteiger partial charge in [-0.1, -0.05) is 49.3 Å². The van der Waals surface area contributed by atoms with E-state index < -0.39 is 0 Å². The average Bonchev–Trinajstić information content (AvgIpc) is 2.45. The van der Waals surface area contributed by atoms with E-state index in [1.54, 1.807) is 24.3 Å². The molecular formula is C14H21N3O2. The molecule has 1 rings (SSSR count). The number of oxime groups is 1. The third-order valence-electron chi connectivity index (χ3n) is 2.97. The molecule has 5 heteroatoms. The summed E-state index contributed by atoms with van der Waals surface area (Å²) in [5.74, 6) is -0.360. The number of carbonyl (C=O) groups is 1. The molecule has 0 aliphatic rings. The standard InChI is InChI=1S/C14H21N3O2/c1-3-17(4-2)11-10-15-14(18)13(16-19)12-8-6-5-7-9-12/h5-9,19H,3-4,10-11H2,1-2H3,(H,15,18). The van der Waals surface area contributed by atoms with Crippen LogP contribution in [0.25, 0.3) is 0 Å². The van der Waals surface area contributed by atoms with Crippen molar-refractivity contribution in [3.8, 4) is 0 Å². The molecule has 19 heavy (non-hydrogen) atoms. The molecule has 0 atom stereocenters. The minimum absolute atomic E-state index is 0.0418. The van der Waals surface area contributed by atoms with E-state index in [-0.39, 0.29) is 11.6 Å². The highest BCUT2D eigenvalue weighted by Crippen LogP contribution is 2.01. The number of benzene rings is 1. The summed E-state index contributed by atoms with van der Waals surface area (Å²) < 4.78 is 0. The van der Waals surface area contributed by atoms with Crippen molar-refractivity contribution in [2.45, 2.75) is 13.8 Å². The summed E-state index contributed by atoms with van der Waals surface area (Å²) in [6, 6.07) is 8.90. The minimum Gasteiger partial charge on any atom is -0.410 e. The second kappa shape index (κ2) is 8.26. The van der Waals surface area contributed by atoms with Crippen LogP contribution in [0.4, 0.5) is 0 Å². The van der Waals surface area contributed by atoms with Gasteiger partial charge in [-0.25, -0.2) is 0 Å². The van der Waals surface area contributed by atoms with Crippen molar-refractivity contribution in [3.05, 3.63) is 35.9 Å². The van der Waals surface area contributed by atoms with E-state index in [1.165, 1.54) is 0 Å². The molecule has 1 amide bonds. The smallest absolute Gasteiger partial charge is 0.273 e. The Morgan fingerprint density at radius 1 is 1.26 bits per heavy atom. The van der Waals surface area contributed by atoms with E-state index in [0.717, 1.165) is 19.6 Å². The van der Waals surface area contributed by atoms with Crippen LogP contribution in [0.2, 0.25) is 0 Å². The van der Waals surface area contributed by atoms with Crippen LogP contribution < -0.4 is 5.32 Å². The Balaban J connectivity index is 2.53. The number of likely N-dealkylation sites (N-methyl/N-ethyl adjacent to an activating group) is 1. The maximum atomic E-state index is 11.9. The molecule has 0 aliphatic heterocycles. The van der Waals surface area contributed by atoms with Gasteiger partial charge < -0.3 is 15.4 Å². The van der Waals surface area contributed by atoms with Crippen molar-refractivity contribution in [1.29, 1.82) is 0 Å². The number of hydrogen-bond acceptors (Lipinski definition) is 4. The van der Waals surface area contributed by atoms with E-state index in [0.29, 0.717) is 12.1 Å². The largest absolute Gasteiger partial charge is 0.410 e. The zero-order valence-electron chi connectivity index (χ0n) is 11.5. The van der Waals surface area contributed by atoms with Crippen molar-refractivity contribution >= 4 is 11.6 Å². The first-order valence-electron chi connectivity index (χ1n) is 6.50. The van der Waals surface area contributed by atoms with E-state index in [1.807, 2.05) is 6.07 Å². The lowest BCUT2D eigenvalue weighted by atomic mass is 10.1. The molecule has 0 aromatic heterocycles. The number of nitrogens with zero attached hydrogens (tertiary/aromatic N) is 2. The molecule has 1 aromatic carbocycles. The third-order valence-corrected chi connectivity index (χ3v) is 2.97. The van der Waals surface area contributed by atoms with Crippen LogP contribution in [0.1, 0.15) is 19.4 Å². The van der Waals surface area contributed by atoms with Gasteiger partial charge >= 0.3 is 0 Å². The Bertz CT molecular complexity index is 414. The molecule has 0 saturated carbocycles. The molecular weight excluding hydrogens is 242 g/mol. The number of hydrogen-bond donors (Lipinski definition) is 2. The Labute approximate surface area is 113 Å². The van der Waals surface area contributed by atoms with Crippen LogP contribution in [-0.4, -0.2) is 47.9 Å². The van der Waals surface area contributed by atoms with Crippen LogP contribution in [0, 0.1) is 0 Å². The number of carbonyl (C=O) groups excluding carboxylic acids is 1. The molecule has 0 bridgehead atoms. The Morgan fingerprint density at radius 3 is 2.42 bits per heavy atom. The lowest BCUT2D eigenvalue weighted by molar-refractivity contribution is -0.114. The summed E-state index contributed by atoms with van der Waals surface area (Å²) in [6.07, 6.45) is 0. The summed E-state index contributed by atoms with van der Waals surface area (Å²) >= 11 is 0. The van der Waals surface area contributed by atoms with Crippen LogP contribution in [-0.2, 0) is 4.79 Å². The summed E-state index contributed by atoms with van der Waals surface area (Å²) in [6.45, 7) is 7.38. The van der Waals surface area contributed by atoms with Gasteiger partial charge in [-0.15, -0.1) is 0 Å². The molecule has 0 aliphatic carbocycles. The lowest BCUT2D eigenvalue weighted by Gasteiger charge is -2.18. The summed E-state index contributed by atoms with van der Waals surface area (Å²) in [4.78, 5) is 14.1. The molecule has 0 unspecified atom stereocenters. The molecule has 1 aromatic rings. The van der Waals surface area contributed by atoms with Crippen LogP contribution in [0.5, 0.6) is 0 Å². The van der Waals surface area contributed by atoms with Gasteiger partial charge in [0.05, 0.1) is 0 Å². The van der Waals surface area contributed by atoms with Gasteiger partial charge in [0, 0.05) is 18.7 Å². The number of rotatable bonds is 7. The number of nitrogens with one attached hydrogen (secondary N) is 1. The van der Waals surface area contributed by atoms with Crippen molar-refractivity contribution in [2.75, 3.05) is 26.2 Å². The normalized spacial score (nSPS) is 11.6.